The number of alkyl halides is 3. The number of anilines is 2. The first-order chi connectivity index (χ1) is 15.4. The molecule has 0 spiro atoms. The average molecular weight is 538 g/mol. The SMILES string of the molecule is O=C(CSC1=N[C@H]2CS(=O)(=O)C[C@@H]2N1c1cc(C(F)(F)F)ccc1Cl)Nc1cccc(Cl)c1. The van der Waals surface area contributed by atoms with E-state index < -0.39 is 33.7 Å². The summed E-state index contributed by atoms with van der Waals surface area (Å²) >= 11 is 13.1. The molecule has 1 saturated heterocycles. The minimum absolute atomic E-state index is 0.00223. The number of hydrogen-bond acceptors (Lipinski definition) is 6. The van der Waals surface area contributed by atoms with Crippen LogP contribution in [0.4, 0.5) is 24.5 Å². The quantitative estimate of drug-likeness (QED) is 0.610. The van der Waals surface area contributed by atoms with Gasteiger partial charge in [0.25, 0.3) is 0 Å². The Morgan fingerprint density at radius 2 is 1.94 bits per heavy atom. The zero-order valence-electron chi connectivity index (χ0n) is 16.6. The first kappa shape index (κ1) is 24.2. The van der Waals surface area contributed by atoms with Crippen LogP contribution >= 0.6 is 35.0 Å². The molecule has 4 rings (SSSR count). The number of aliphatic imine (C=N–C) groups is 1. The Bertz CT molecular complexity index is 1240. The third kappa shape index (κ3) is 5.42. The Kier molecular flexibility index (Phi) is 6.60. The van der Waals surface area contributed by atoms with E-state index in [1.165, 1.54) is 4.90 Å². The van der Waals surface area contributed by atoms with E-state index in [9.17, 15) is 26.4 Å². The van der Waals surface area contributed by atoms with Crippen molar-refractivity contribution in [3.63, 3.8) is 0 Å². The molecule has 176 valence electrons. The van der Waals surface area contributed by atoms with Gasteiger partial charge in [-0.05, 0) is 36.4 Å². The summed E-state index contributed by atoms with van der Waals surface area (Å²) in [5.41, 5.74) is -0.436. The van der Waals surface area contributed by atoms with Crippen molar-refractivity contribution < 1.29 is 26.4 Å². The van der Waals surface area contributed by atoms with Crippen LogP contribution in [0.15, 0.2) is 47.5 Å². The van der Waals surface area contributed by atoms with Crippen molar-refractivity contribution >= 4 is 67.3 Å². The maximum absolute atomic E-state index is 13.3. The number of carbonyl (C=O) groups excluding carboxylic acids is 1. The number of amides is 1. The molecule has 1 amide bonds. The molecule has 33 heavy (non-hydrogen) atoms. The van der Waals surface area contributed by atoms with E-state index in [4.69, 9.17) is 23.2 Å². The number of halogens is 5. The summed E-state index contributed by atoms with van der Waals surface area (Å²) in [6.45, 7) is 0. The third-order valence-corrected chi connectivity index (χ3v) is 8.30. The number of hydrogen-bond donors (Lipinski definition) is 1. The fourth-order valence-electron chi connectivity index (χ4n) is 3.68. The molecule has 0 aromatic heterocycles. The number of benzene rings is 2. The summed E-state index contributed by atoms with van der Waals surface area (Å²) in [7, 11) is -3.41. The molecule has 0 unspecified atom stereocenters. The van der Waals surface area contributed by atoms with E-state index in [1.807, 2.05) is 0 Å². The van der Waals surface area contributed by atoms with Crippen molar-refractivity contribution in [2.24, 2.45) is 4.99 Å². The lowest BCUT2D eigenvalue weighted by molar-refractivity contribution is -0.137. The molecule has 2 atom stereocenters. The number of thioether (sulfide) groups is 1. The zero-order valence-corrected chi connectivity index (χ0v) is 19.8. The maximum Gasteiger partial charge on any atom is 0.416 e. The third-order valence-electron chi connectivity index (χ3n) is 5.08. The maximum atomic E-state index is 13.3. The number of nitrogens with zero attached hydrogens (tertiary/aromatic N) is 2. The van der Waals surface area contributed by atoms with Crippen LogP contribution in [-0.4, -0.2) is 48.8 Å². The molecule has 2 aromatic carbocycles. The lowest BCUT2D eigenvalue weighted by Crippen LogP contribution is -2.39. The van der Waals surface area contributed by atoms with Gasteiger partial charge in [-0.2, -0.15) is 13.2 Å². The molecule has 0 bridgehead atoms. The highest BCUT2D eigenvalue weighted by atomic mass is 35.5. The van der Waals surface area contributed by atoms with Gasteiger partial charge < -0.3 is 10.2 Å². The Balaban J connectivity index is 1.59. The van der Waals surface area contributed by atoms with E-state index in [-0.39, 0.29) is 39.0 Å². The van der Waals surface area contributed by atoms with Gasteiger partial charge in [-0.1, -0.05) is 41.0 Å². The van der Waals surface area contributed by atoms with Gasteiger partial charge >= 0.3 is 6.18 Å². The summed E-state index contributed by atoms with van der Waals surface area (Å²) in [6.07, 6.45) is -4.61. The molecular weight excluding hydrogens is 522 g/mol. The van der Waals surface area contributed by atoms with Crippen molar-refractivity contribution in [3.8, 4) is 0 Å². The highest BCUT2D eigenvalue weighted by molar-refractivity contribution is 8.14. The summed E-state index contributed by atoms with van der Waals surface area (Å²) in [5.74, 6) is -0.981. The fraction of sp³-hybridized carbons (Fsp3) is 0.300. The average Bonchev–Trinajstić information content (AvgIpc) is 3.17. The predicted octanol–water partition coefficient (Wildman–Crippen LogP) is 4.73. The monoisotopic (exact) mass is 537 g/mol. The highest BCUT2D eigenvalue weighted by Crippen LogP contribution is 2.41. The fourth-order valence-corrected chi connectivity index (χ4v) is 6.84. The van der Waals surface area contributed by atoms with Crippen molar-refractivity contribution in [1.82, 2.24) is 0 Å². The lowest BCUT2D eigenvalue weighted by atomic mass is 10.1. The molecule has 2 aromatic rings. The Hall–Kier alpha value is -1.95. The second-order valence-electron chi connectivity index (χ2n) is 7.50. The molecule has 2 aliphatic heterocycles. The van der Waals surface area contributed by atoms with Gasteiger partial charge in [0.1, 0.15) is 0 Å². The molecule has 0 radical (unpaired) electrons. The smallest absolute Gasteiger partial charge is 0.325 e. The van der Waals surface area contributed by atoms with Crippen LogP contribution in [0.5, 0.6) is 0 Å². The number of rotatable bonds is 4. The van der Waals surface area contributed by atoms with Crippen molar-refractivity contribution in [3.05, 3.63) is 58.1 Å². The van der Waals surface area contributed by atoms with Crippen molar-refractivity contribution in [2.75, 3.05) is 27.5 Å². The number of nitrogens with one attached hydrogen (secondary N) is 1. The molecule has 1 fully saturated rings. The predicted molar refractivity (Wildman–Crippen MR) is 125 cm³/mol. The Morgan fingerprint density at radius 3 is 2.64 bits per heavy atom. The van der Waals surface area contributed by atoms with Crippen LogP contribution in [0.2, 0.25) is 10.0 Å². The number of sulfone groups is 1. The largest absolute Gasteiger partial charge is 0.416 e. The van der Waals surface area contributed by atoms with Gasteiger partial charge in [0.2, 0.25) is 5.91 Å². The second-order valence-corrected chi connectivity index (χ2v) is 11.4. The zero-order chi connectivity index (χ0) is 24.0. The van der Waals surface area contributed by atoms with Crippen molar-refractivity contribution in [2.45, 2.75) is 18.3 Å². The van der Waals surface area contributed by atoms with Crippen LogP contribution in [0.1, 0.15) is 5.56 Å². The van der Waals surface area contributed by atoms with Crippen molar-refractivity contribution in [1.29, 1.82) is 0 Å². The summed E-state index contributed by atoms with van der Waals surface area (Å²) < 4.78 is 64.2. The molecule has 6 nitrogen and oxygen atoms in total. The number of amidine groups is 1. The van der Waals surface area contributed by atoms with Gasteiger partial charge in [-0.25, -0.2) is 8.42 Å². The van der Waals surface area contributed by atoms with E-state index >= 15 is 0 Å². The minimum Gasteiger partial charge on any atom is -0.325 e. The molecule has 2 heterocycles. The first-order valence-corrected chi connectivity index (χ1v) is 13.1. The molecule has 2 aliphatic rings. The van der Waals surface area contributed by atoms with Gasteiger partial charge in [0.05, 0.1) is 45.6 Å². The first-order valence-electron chi connectivity index (χ1n) is 9.55. The molecule has 13 heteroatoms. The van der Waals surface area contributed by atoms with Crippen LogP contribution < -0.4 is 10.2 Å². The molecule has 0 saturated carbocycles. The highest BCUT2D eigenvalue weighted by Gasteiger charge is 2.48. The van der Waals surface area contributed by atoms with E-state index in [1.54, 1.807) is 24.3 Å². The molecule has 1 N–H and O–H groups in total. The van der Waals surface area contributed by atoms with Gasteiger partial charge in [0.15, 0.2) is 15.0 Å². The Labute approximate surface area is 202 Å². The van der Waals surface area contributed by atoms with Crippen LogP contribution in [0, 0.1) is 0 Å². The van der Waals surface area contributed by atoms with Crippen LogP contribution in [0.3, 0.4) is 0 Å². The van der Waals surface area contributed by atoms with E-state index in [0.717, 1.165) is 30.0 Å². The van der Waals surface area contributed by atoms with Gasteiger partial charge in [-0.15, -0.1) is 0 Å². The molecular formula is C20H16Cl2F3N3O3S2. The number of fused-ring (bicyclic) bond motifs is 1. The summed E-state index contributed by atoms with van der Waals surface area (Å²) in [5, 5.41) is 3.38. The van der Waals surface area contributed by atoms with Crippen LogP contribution in [0.25, 0.3) is 0 Å². The van der Waals surface area contributed by atoms with E-state index in [0.29, 0.717) is 10.7 Å². The molecule has 0 aliphatic carbocycles. The summed E-state index contributed by atoms with van der Waals surface area (Å²) in [6, 6.07) is 8.05. The lowest BCUT2D eigenvalue weighted by Gasteiger charge is -2.28. The minimum atomic E-state index is -4.61. The summed E-state index contributed by atoms with van der Waals surface area (Å²) in [4.78, 5) is 18.2. The van der Waals surface area contributed by atoms with Gasteiger partial charge in [0, 0.05) is 10.7 Å². The van der Waals surface area contributed by atoms with Gasteiger partial charge in [-0.3, -0.25) is 9.79 Å². The number of carbonyl (C=O) groups is 1. The Morgan fingerprint density at radius 1 is 1.18 bits per heavy atom. The van der Waals surface area contributed by atoms with E-state index in [2.05, 4.69) is 10.3 Å². The standard InChI is InChI=1S/C20H16Cl2F3N3O3S2/c21-12-2-1-3-13(7-12)26-18(29)8-32-19-27-15-9-33(30,31)10-17(15)28(19)16-6-11(20(23,24)25)4-5-14(16)22/h1-7,15,17H,8-10H2,(H,26,29)/t15-,17-/m0/s1. The normalized spacial score (nSPS) is 21.6. The topological polar surface area (TPSA) is 78.8 Å². The van der Waals surface area contributed by atoms with Crippen LogP contribution in [-0.2, 0) is 20.8 Å². The second kappa shape index (κ2) is 9.01.